The average Bonchev–Trinajstić information content (AvgIpc) is 3.70. The Bertz CT molecular complexity index is 1610. The second kappa shape index (κ2) is 11.0. The maximum Gasteiger partial charge on any atom is 0.340 e. The molecule has 1 amide bonds. The topological polar surface area (TPSA) is 127 Å². The Balaban J connectivity index is 1.21. The molecule has 8 rings (SSSR count). The lowest BCUT2D eigenvalue weighted by atomic mass is 9.44. The number of ether oxygens (including phenoxy) is 4. The number of carbonyl (C=O) groups is 2. The average molecular weight is 687 g/mol. The van der Waals surface area contributed by atoms with Gasteiger partial charge in [0, 0.05) is 69.4 Å². The van der Waals surface area contributed by atoms with Crippen LogP contribution in [0.5, 0.6) is 0 Å². The first kappa shape index (κ1) is 32.1. The molecule has 47 heavy (non-hydrogen) atoms. The van der Waals surface area contributed by atoms with Gasteiger partial charge in [-0.15, -0.1) is 11.3 Å². The molecule has 1 aromatic heterocycles. The Hall–Kier alpha value is -2.09. The number of piperidine rings is 1. The predicted molar refractivity (Wildman–Crippen MR) is 175 cm³/mol. The monoisotopic (exact) mass is 686 g/mol. The second-order valence-electron chi connectivity index (χ2n) is 14.6. The summed E-state index contributed by atoms with van der Waals surface area (Å²) in [6, 6.07) is 10.2. The van der Waals surface area contributed by atoms with Crippen molar-refractivity contribution in [3.8, 4) is 0 Å². The Morgan fingerprint density at radius 1 is 1.06 bits per heavy atom. The molecule has 7 bridgehead atoms. The van der Waals surface area contributed by atoms with Crippen LogP contribution in [0.15, 0.2) is 36.4 Å². The lowest BCUT2D eigenvalue weighted by molar-refractivity contribution is -0.337. The zero-order valence-corrected chi connectivity index (χ0v) is 28.7. The molecule has 0 radical (unpaired) electrons. The second-order valence-corrected chi connectivity index (χ2v) is 16.3. The van der Waals surface area contributed by atoms with Gasteiger partial charge in [-0.2, -0.15) is 0 Å². The molecule has 1 saturated heterocycles. The highest BCUT2D eigenvalue weighted by atomic mass is 35.5. The third-order valence-electron chi connectivity index (χ3n) is 13.4. The van der Waals surface area contributed by atoms with Gasteiger partial charge in [-0.25, -0.2) is 4.79 Å². The predicted octanol–water partition coefficient (Wildman–Crippen LogP) is 4.23. The van der Waals surface area contributed by atoms with Crippen LogP contribution in [0, 0.1) is 29.1 Å². The van der Waals surface area contributed by atoms with Crippen molar-refractivity contribution in [1.82, 2.24) is 4.90 Å². The van der Waals surface area contributed by atoms with Gasteiger partial charge in [0.2, 0.25) is 0 Å². The number of amides is 1. The number of carbonyl (C=O) groups excluding carboxylic acids is 2. The third-order valence-corrected chi connectivity index (χ3v) is 14.6. The van der Waals surface area contributed by atoms with Crippen molar-refractivity contribution < 1.29 is 38.7 Å². The summed E-state index contributed by atoms with van der Waals surface area (Å²) in [4.78, 5) is 30.2. The van der Waals surface area contributed by atoms with Crippen LogP contribution in [-0.2, 0) is 18.9 Å². The number of benzene rings is 1. The summed E-state index contributed by atoms with van der Waals surface area (Å²) >= 11 is 7.24. The van der Waals surface area contributed by atoms with Gasteiger partial charge >= 0.3 is 5.97 Å². The minimum atomic E-state index is -1.50. The van der Waals surface area contributed by atoms with Gasteiger partial charge in [-0.3, -0.25) is 9.69 Å². The van der Waals surface area contributed by atoms with Crippen LogP contribution in [0.25, 0.3) is 0 Å². The van der Waals surface area contributed by atoms with Crippen molar-refractivity contribution in [2.45, 2.75) is 80.2 Å². The number of para-hydroxylation sites is 1. The van der Waals surface area contributed by atoms with Crippen LogP contribution in [0.2, 0.25) is 4.34 Å². The Labute approximate surface area is 283 Å². The number of likely N-dealkylation sites (N-methyl/N-ethyl adjacent to an activating group) is 1. The molecular formula is C35H43ClN2O8S. The Morgan fingerprint density at radius 3 is 2.53 bits per heavy atom. The molecule has 6 fully saturated rings. The fourth-order valence-electron chi connectivity index (χ4n) is 12.0. The molecule has 2 aromatic rings. The van der Waals surface area contributed by atoms with Crippen molar-refractivity contribution in [3.63, 3.8) is 0 Å². The first-order valence-corrected chi connectivity index (χ1v) is 17.9. The van der Waals surface area contributed by atoms with E-state index >= 15 is 0 Å². The molecule has 6 aliphatic rings. The highest BCUT2D eigenvalue weighted by molar-refractivity contribution is 7.18. The van der Waals surface area contributed by atoms with Crippen LogP contribution in [0.1, 0.15) is 59.1 Å². The number of nitrogens with one attached hydrogen (secondary N) is 1. The molecule has 1 unspecified atom stereocenters. The number of rotatable bonds is 8. The fourth-order valence-corrected chi connectivity index (χ4v) is 13.0. The number of anilines is 1. The molecule has 12 atom stereocenters. The Morgan fingerprint density at radius 2 is 1.85 bits per heavy atom. The molecule has 3 N–H and O–H groups in total. The summed E-state index contributed by atoms with van der Waals surface area (Å²) in [5.74, 6) is -1.77. The van der Waals surface area contributed by atoms with Crippen molar-refractivity contribution >= 4 is 40.5 Å². The maximum absolute atomic E-state index is 14.3. The fraction of sp³-hybridized carbons (Fsp3) is 0.657. The number of hydrogen-bond acceptors (Lipinski definition) is 10. The van der Waals surface area contributed by atoms with Crippen LogP contribution in [0.3, 0.4) is 0 Å². The van der Waals surface area contributed by atoms with Crippen LogP contribution in [0.4, 0.5) is 5.69 Å². The number of thiophene rings is 1. The van der Waals surface area contributed by atoms with E-state index in [2.05, 4.69) is 17.1 Å². The minimum absolute atomic E-state index is 0.0686. The van der Waals surface area contributed by atoms with Gasteiger partial charge in [-0.1, -0.05) is 30.7 Å². The number of aliphatic hydroxyl groups is 2. The van der Waals surface area contributed by atoms with E-state index in [1.807, 2.05) is 0 Å². The van der Waals surface area contributed by atoms with Gasteiger partial charge in [0.05, 0.1) is 38.8 Å². The van der Waals surface area contributed by atoms with Crippen molar-refractivity contribution in [3.05, 3.63) is 51.2 Å². The smallest absolute Gasteiger partial charge is 0.340 e. The van der Waals surface area contributed by atoms with Crippen molar-refractivity contribution in [1.29, 1.82) is 0 Å². The molecule has 1 aromatic carbocycles. The summed E-state index contributed by atoms with van der Waals surface area (Å²) in [6.45, 7) is 3.32. The molecule has 2 heterocycles. The van der Waals surface area contributed by atoms with E-state index < -0.39 is 34.3 Å². The number of likely N-dealkylation sites (tertiary alicyclic amines) is 1. The lowest BCUT2D eigenvalue weighted by Crippen LogP contribution is -2.83. The summed E-state index contributed by atoms with van der Waals surface area (Å²) in [7, 11) is 5.04. The van der Waals surface area contributed by atoms with Gasteiger partial charge in [0.15, 0.2) is 0 Å². The quantitative estimate of drug-likeness (QED) is 0.350. The number of nitrogens with zero attached hydrogens (tertiary/aromatic N) is 1. The largest absolute Gasteiger partial charge is 0.454 e. The van der Waals surface area contributed by atoms with E-state index in [1.54, 1.807) is 57.7 Å². The van der Waals surface area contributed by atoms with Gasteiger partial charge in [-0.05, 0) is 56.5 Å². The normalized spacial score (nSPS) is 44.3. The number of hydrogen-bond donors (Lipinski definition) is 3. The molecule has 12 heteroatoms. The zero-order valence-electron chi connectivity index (χ0n) is 27.1. The van der Waals surface area contributed by atoms with Gasteiger partial charge < -0.3 is 34.5 Å². The molecule has 5 saturated carbocycles. The van der Waals surface area contributed by atoms with E-state index in [0.717, 1.165) is 0 Å². The van der Waals surface area contributed by atoms with E-state index in [1.165, 1.54) is 11.3 Å². The summed E-state index contributed by atoms with van der Waals surface area (Å²) in [5.41, 5.74) is -3.80. The van der Waals surface area contributed by atoms with Crippen LogP contribution >= 0.6 is 22.9 Å². The molecule has 1 spiro atoms. The van der Waals surface area contributed by atoms with Crippen LogP contribution in [-0.4, -0.2) is 103 Å². The molecule has 1 aliphatic heterocycles. The highest BCUT2D eigenvalue weighted by Crippen LogP contribution is 2.79. The summed E-state index contributed by atoms with van der Waals surface area (Å²) in [5, 5.41) is 28.7. The lowest BCUT2D eigenvalue weighted by Gasteiger charge is -2.70. The minimum Gasteiger partial charge on any atom is -0.454 e. The zero-order chi connectivity index (χ0) is 33.1. The Kier molecular flexibility index (Phi) is 7.49. The maximum atomic E-state index is 14.3. The van der Waals surface area contributed by atoms with E-state index in [9.17, 15) is 19.8 Å². The number of halogens is 1. The third kappa shape index (κ3) is 3.94. The highest BCUT2D eigenvalue weighted by Gasteiger charge is 2.89. The first-order chi connectivity index (χ1) is 22.5. The van der Waals surface area contributed by atoms with Gasteiger partial charge in [0.25, 0.3) is 5.91 Å². The van der Waals surface area contributed by atoms with Crippen LogP contribution < -0.4 is 5.32 Å². The number of fused-ring (bicyclic) bond motifs is 2. The summed E-state index contributed by atoms with van der Waals surface area (Å²) < 4.78 is 25.7. The van der Waals surface area contributed by atoms with E-state index in [0.29, 0.717) is 60.1 Å². The first-order valence-electron chi connectivity index (χ1n) is 16.7. The van der Waals surface area contributed by atoms with Crippen molar-refractivity contribution in [2.24, 2.45) is 29.1 Å². The molecule has 5 aliphatic carbocycles. The number of esters is 1. The van der Waals surface area contributed by atoms with Crippen molar-refractivity contribution in [2.75, 3.05) is 39.7 Å². The molecule has 10 nitrogen and oxygen atoms in total. The molecular weight excluding hydrogens is 644 g/mol. The van der Waals surface area contributed by atoms with E-state index in [4.69, 9.17) is 30.5 Å². The molecule has 254 valence electrons. The SMILES string of the molecule is CCN1C[C@]2(OC(=O)c3ccccc3NC(=O)c3ccc(Cl)s3)CC[C@H](OC)[C@]34C1[C@H](C[C@H]23)[C@@]1(O)C[C@H](OC)[C@H]2C[C@@H]4[C@]1(O)[C@H]2OC. The summed E-state index contributed by atoms with van der Waals surface area (Å²) in [6.07, 6.45) is 1.74. The van der Waals surface area contributed by atoms with Gasteiger partial charge in [0.1, 0.15) is 16.8 Å². The van der Waals surface area contributed by atoms with E-state index in [-0.39, 0.29) is 53.4 Å². The standard InChI is InChI=1S/C35H43ClN2O8S/c1-5-38-17-32(46-31(40)18-8-6-7-9-21(18)37-30(39)23-10-11-27(36)47-23)13-12-26(44-3)34-24(32)15-20(28(34)38)33(41)16-22(43-2)19-14-25(34)35(33,42)29(19)45-4/h6-11,19-20,22,24-26,28-29,41-42H,5,12-17H2,1-4H3,(H,37,39)/t19-,20+,22+,24-,25+,26+,28?,29+,32-,33+,34+,35+/m1/s1. The number of methoxy groups -OCH3 is 3.